The Morgan fingerprint density at radius 2 is 2.08 bits per heavy atom. The average Bonchev–Trinajstić information content (AvgIpc) is 2.97. The molecule has 1 atom stereocenters. The first-order valence-corrected chi connectivity index (χ1v) is 9.23. The lowest BCUT2D eigenvalue weighted by Gasteiger charge is -2.17. The van der Waals surface area contributed by atoms with E-state index in [2.05, 4.69) is 4.98 Å². The number of rotatable bonds is 4. The van der Waals surface area contributed by atoms with Crippen LogP contribution in [-0.2, 0) is 4.79 Å². The van der Waals surface area contributed by atoms with E-state index in [9.17, 15) is 9.59 Å². The molecule has 0 aliphatic rings. The van der Waals surface area contributed by atoms with Crippen molar-refractivity contribution in [2.45, 2.75) is 26.3 Å². The second-order valence-electron chi connectivity index (χ2n) is 5.62. The van der Waals surface area contributed by atoms with Gasteiger partial charge in [0.25, 0.3) is 5.56 Å². The van der Waals surface area contributed by atoms with Crippen molar-refractivity contribution in [3.63, 3.8) is 0 Å². The molecule has 1 aromatic carbocycles. The number of nitrogens with zero attached hydrogens (tertiary/aromatic N) is 2. The molecule has 5 nitrogen and oxygen atoms in total. The van der Waals surface area contributed by atoms with Gasteiger partial charge in [-0.05, 0) is 31.0 Å². The van der Waals surface area contributed by atoms with E-state index in [1.54, 1.807) is 32.0 Å². The van der Waals surface area contributed by atoms with Crippen molar-refractivity contribution in [2.75, 3.05) is 0 Å². The van der Waals surface area contributed by atoms with Gasteiger partial charge < -0.3 is 5.73 Å². The Labute approximate surface area is 158 Å². The Morgan fingerprint density at radius 1 is 1.36 bits per heavy atom. The quantitative estimate of drug-likeness (QED) is 0.719. The van der Waals surface area contributed by atoms with Crippen LogP contribution >= 0.6 is 34.5 Å². The molecule has 0 fully saturated rings. The van der Waals surface area contributed by atoms with Gasteiger partial charge in [0.1, 0.15) is 16.7 Å². The number of primary amides is 1. The van der Waals surface area contributed by atoms with Crippen molar-refractivity contribution in [1.29, 1.82) is 0 Å². The highest BCUT2D eigenvalue weighted by atomic mass is 35.5. The molecule has 0 aliphatic carbocycles. The van der Waals surface area contributed by atoms with E-state index in [0.717, 1.165) is 5.56 Å². The molecule has 2 aromatic heterocycles. The third-order valence-corrected chi connectivity index (χ3v) is 5.68. The van der Waals surface area contributed by atoms with Crippen LogP contribution in [0.5, 0.6) is 0 Å². The summed E-state index contributed by atoms with van der Waals surface area (Å²) in [7, 11) is 0. The second-order valence-corrected chi connectivity index (χ2v) is 7.29. The smallest absolute Gasteiger partial charge is 0.263 e. The van der Waals surface area contributed by atoms with Crippen molar-refractivity contribution in [3.8, 4) is 11.1 Å². The van der Waals surface area contributed by atoms with Crippen LogP contribution < -0.4 is 11.3 Å². The summed E-state index contributed by atoms with van der Waals surface area (Å²) in [6, 6.07) is 4.46. The van der Waals surface area contributed by atoms with Crippen LogP contribution in [0.15, 0.2) is 28.4 Å². The summed E-state index contributed by atoms with van der Waals surface area (Å²) >= 11 is 13.4. The predicted octanol–water partition coefficient (Wildman–Crippen LogP) is 4.18. The molecule has 0 aliphatic heterocycles. The molecule has 0 saturated carbocycles. The zero-order chi connectivity index (χ0) is 18.3. The van der Waals surface area contributed by atoms with Gasteiger partial charge in [-0.15, -0.1) is 11.3 Å². The maximum Gasteiger partial charge on any atom is 0.263 e. The number of hydrogen-bond acceptors (Lipinski definition) is 4. The molecule has 2 N–H and O–H groups in total. The zero-order valence-corrected chi connectivity index (χ0v) is 15.9. The Kier molecular flexibility index (Phi) is 4.86. The summed E-state index contributed by atoms with van der Waals surface area (Å²) < 4.78 is 1.37. The van der Waals surface area contributed by atoms with Gasteiger partial charge in [-0.25, -0.2) is 4.98 Å². The highest BCUT2D eigenvalue weighted by Crippen LogP contribution is 2.34. The number of carbonyl (C=O) groups is 1. The van der Waals surface area contributed by atoms with Gasteiger partial charge in [-0.3, -0.25) is 14.2 Å². The molecule has 3 rings (SSSR count). The van der Waals surface area contributed by atoms with Gasteiger partial charge in [0.05, 0.1) is 15.4 Å². The number of hydrogen-bond donors (Lipinski definition) is 1. The van der Waals surface area contributed by atoms with Crippen LogP contribution in [0, 0.1) is 6.92 Å². The van der Waals surface area contributed by atoms with Crippen molar-refractivity contribution in [1.82, 2.24) is 9.55 Å². The van der Waals surface area contributed by atoms with Crippen LogP contribution in [0.4, 0.5) is 0 Å². The number of thiophene rings is 1. The van der Waals surface area contributed by atoms with Gasteiger partial charge in [-0.2, -0.15) is 0 Å². The standard InChI is InChI=1S/C17H15Cl2N3O2S/c1-3-13(15(20)23)22-8(2)21-16-14(17(22)24)10(7-25-16)9-4-5-11(18)12(19)6-9/h4-7,13H,3H2,1-2H3,(H2,20,23). The highest BCUT2D eigenvalue weighted by Gasteiger charge is 2.23. The lowest BCUT2D eigenvalue weighted by atomic mass is 10.1. The van der Waals surface area contributed by atoms with E-state index in [1.165, 1.54) is 15.9 Å². The van der Waals surface area contributed by atoms with Gasteiger partial charge in [-0.1, -0.05) is 36.2 Å². The van der Waals surface area contributed by atoms with Crippen LogP contribution in [0.2, 0.25) is 10.0 Å². The summed E-state index contributed by atoms with van der Waals surface area (Å²) in [6.45, 7) is 3.50. The number of carbonyl (C=O) groups excluding carboxylic acids is 1. The summed E-state index contributed by atoms with van der Waals surface area (Å²) in [5, 5.41) is 3.15. The fourth-order valence-electron chi connectivity index (χ4n) is 2.86. The summed E-state index contributed by atoms with van der Waals surface area (Å²) in [4.78, 5) is 30.0. The van der Waals surface area contributed by atoms with E-state index in [0.29, 0.717) is 38.1 Å². The molecule has 3 aromatic rings. The minimum Gasteiger partial charge on any atom is -0.368 e. The Balaban J connectivity index is 2.32. The minimum absolute atomic E-state index is 0.282. The molecule has 130 valence electrons. The normalized spacial score (nSPS) is 12.5. The van der Waals surface area contributed by atoms with Gasteiger partial charge in [0, 0.05) is 10.9 Å². The largest absolute Gasteiger partial charge is 0.368 e. The number of aryl methyl sites for hydroxylation is 1. The number of benzene rings is 1. The summed E-state index contributed by atoms with van der Waals surface area (Å²) in [5.41, 5.74) is 6.66. The van der Waals surface area contributed by atoms with E-state index in [-0.39, 0.29) is 5.56 Å². The zero-order valence-electron chi connectivity index (χ0n) is 13.5. The monoisotopic (exact) mass is 395 g/mol. The fourth-order valence-corrected chi connectivity index (χ4v) is 4.14. The number of aromatic nitrogens is 2. The van der Waals surface area contributed by atoms with Crippen LogP contribution in [-0.4, -0.2) is 15.5 Å². The molecule has 1 unspecified atom stereocenters. The Hall–Kier alpha value is -1.89. The second kappa shape index (κ2) is 6.78. The Morgan fingerprint density at radius 3 is 2.68 bits per heavy atom. The van der Waals surface area contributed by atoms with Gasteiger partial charge >= 0.3 is 0 Å². The molecule has 0 bridgehead atoms. The Bertz CT molecular complexity index is 1040. The summed E-state index contributed by atoms with van der Waals surface area (Å²) in [5.74, 6) is -0.0918. The van der Waals surface area contributed by atoms with Crippen LogP contribution in [0.1, 0.15) is 25.2 Å². The maximum atomic E-state index is 13.1. The molecule has 0 spiro atoms. The molecule has 0 saturated heterocycles. The molecule has 1 amide bonds. The first kappa shape index (κ1) is 17.9. The maximum absolute atomic E-state index is 13.1. The minimum atomic E-state index is -0.731. The van der Waals surface area contributed by atoms with Crippen molar-refractivity contribution in [2.24, 2.45) is 5.73 Å². The van der Waals surface area contributed by atoms with Crippen LogP contribution in [0.3, 0.4) is 0 Å². The topological polar surface area (TPSA) is 78.0 Å². The third kappa shape index (κ3) is 3.05. The fraction of sp³-hybridized carbons (Fsp3) is 0.235. The lowest BCUT2D eigenvalue weighted by Crippen LogP contribution is -2.35. The van der Waals surface area contributed by atoms with E-state index < -0.39 is 11.9 Å². The van der Waals surface area contributed by atoms with Gasteiger partial charge in [0.2, 0.25) is 5.91 Å². The lowest BCUT2D eigenvalue weighted by molar-refractivity contribution is -0.121. The summed E-state index contributed by atoms with van der Waals surface area (Å²) in [6.07, 6.45) is 0.412. The first-order valence-electron chi connectivity index (χ1n) is 7.60. The average molecular weight is 396 g/mol. The van der Waals surface area contributed by atoms with Crippen molar-refractivity contribution < 1.29 is 4.79 Å². The highest BCUT2D eigenvalue weighted by molar-refractivity contribution is 7.17. The number of fused-ring (bicyclic) bond motifs is 1. The van der Waals surface area contributed by atoms with Crippen molar-refractivity contribution >= 4 is 50.7 Å². The van der Waals surface area contributed by atoms with E-state index >= 15 is 0 Å². The molecule has 25 heavy (non-hydrogen) atoms. The number of nitrogens with two attached hydrogens (primary N) is 1. The van der Waals surface area contributed by atoms with Crippen molar-refractivity contribution in [3.05, 3.63) is 49.8 Å². The number of halogens is 2. The first-order chi connectivity index (χ1) is 11.8. The molecular formula is C17H15Cl2N3O2S. The van der Waals surface area contributed by atoms with E-state index in [4.69, 9.17) is 28.9 Å². The molecule has 8 heteroatoms. The van der Waals surface area contributed by atoms with Gasteiger partial charge in [0.15, 0.2) is 0 Å². The molecule has 0 radical (unpaired) electrons. The SMILES string of the molecule is CCC(C(N)=O)n1c(C)nc2scc(-c3ccc(Cl)c(Cl)c3)c2c1=O. The predicted molar refractivity (Wildman–Crippen MR) is 103 cm³/mol. The number of amides is 1. The molecular weight excluding hydrogens is 381 g/mol. The van der Waals surface area contributed by atoms with Crippen LogP contribution in [0.25, 0.3) is 21.3 Å². The molecule has 2 heterocycles. The van der Waals surface area contributed by atoms with E-state index in [1.807, 2.05) is 5.38 Å². The third-order valence-electron chi connectivity index (χ3n) is 4.07.